The third kappa shape index (κ3) is 6.58. The predicted octanol–water partition coefficient (Wildman–Crippen LogP) is 2.65. The van der Waals surface area contributed by atoms with Crippen LogP contribution < -0.4 is 15.6 Å². The fraction of sp³-hybridized carbons (Fsp3) is 0.348. The molecule has 3 rings (SSSR count). The Morgan fingerprint density at radius 2 is 2.00 bits per heavy atom. The molecular weight excluding hydrogens is 484 g/mol. The molecule has 0 aliphatic rings. The summed E-state index contributed by atoms with van der Waals surface area (Å²) < 4.78 is 33.5. The van der Waals surface area contributed by atoms with Crippen LogP contribution in [0.15, 0.2) is 35.4 Å². The highest BCUT2D eigenvalue weighted by Crippen LogP contribution is 2.20. The van der Waals surface area contributed by atoms with Gasteiger partial charge in [-0.3, -0.25) is 19.1 Å². The molecule has 12 heteroatoms. The number of amides is 1. The topological polar surface area (TPSA) is 119 Å². The van der Waals surface area contributed by atoms with E-state index in [9.17, 15) is 23.5 Å². The van der Waals surface area contributed by atoms with Crippen molar-refractivity contribution in [3.05, 3.63) is 80.4 Å². The molecule has 0 fully saturated rings. The number of nitrogens with one attached hydrogen (secondary N) is 1. The highest BCUT2D eigenvalue weighted by atomic mass is 35.5. The van der Waals surface area contributed by atoms with Crippen molar-refractivity contribution < 1.29 is 23.4 Å². The van der Waals surface area contributed by atoms with Crippen LogP contribution >= 0.6 is 11.6 Å². The molecule has 9 nitrogen and oxygen atoms in total. The zero-order valence-electron chi connectivity index (χ0n) is 19.3. The molecule has 186 valence electrons. The minimum atomic E-state index is -0.793. The molecule has 0 bridgehead atoms. The standard InChI is InChI=1S/C23H24ClF2N5O4/c1-13-30-21(35-10-14-4-5-15(25)6-17(14)26)19(24)22(34)31(13)9-16-7-28-18(8-27-16)20(33)29-11-23(2,3)12-32/h4-8,32H,9-12H2,1-3H3,(H,29,33). The lowest BCUT2D eigenvalue weighted by Gasteiger charge is -2.21. The quantitative estimate of drug-likeness (QED) is 0.457. The van der Waals surface area contributed by atoms with Gasteiger partial charge in [-0.1, -0.05) is 25.4 Å². The number of nitrogens with zero attached hydrogens (tertiary/aromatic N) is 4. The van der Waals surface area contributed by atoms with Crippen molar-refractivity contribution in [3.8, 4) is 5.88 Å². The Labute approximate surface area is 204 Å². The summed E-state index contributed by atoms with van der Waals surface area (Å²) in [5.41, 5.74) is -0.548. The molecule has 0 aliphatic carbocycles. The van der Waals surface area contributed by atoms with E-state index in [4.69, 9.17) is 16.3 Å². The van der Waals surface area contributed by atoms with Gasteiger partial charge in [0.05, 0.1) is 24.6 Å². The highest BCUT2D eigenvalue weighted by molar-refractivity contribution is 6.31. The van der Waals surface area contributed by atoms with E-state index in [-0.39, 0.29) is 54.3 Å². The van der Waals surface area contributed by atoms with Crippen LogP contribution in [0.4, 0.5) is 8.78 Å². The first-order valence-electron chi connectivity index (χ1n) is 10.5. The molecule has 0 atom stereocenters. The van der Waals surface area contributed by atoms with Gasteiger partial charge in [0, 0.05) is 30.2 Å². The van der Waals surface area contributed by atoms with Gasteiger partial charge < -0.3 is 15.2 Å². The van der Waals surface area contributed by atoms with E-state index in [0.29, 0.717) is 5.69 Å². The summed E-state index contributed by atoms with van der Waals surface area (Å²) in [6.45, 7) is 5.02. The van der Waals surface area contributed by atoms with Gasteiger partial charge in [0.1, 0.15) is 29.8 Å². The average molecular weight is 508 g/mol. The molecular formula is C23H24ClF2N5O4. The molecule has 0 aliphatic heterocycles. The SMILES string of the molecule is Cc1nc(OCc2ccc(F)cc2F)c(Cl)c(=O)n1Cc1cnc(C(=O)NCC(C)(C)CO)cn1. The number of carbonyl (C=O) groups excluding carboxylic acids is 1. The number of aryl methyl sites for hydroxylation is 1. The van der Waals surface area contributed by atoms with Gasteiger partial charge in [0.2, 0.25) is 5.88 Å². The molecule has 35 heavy (non-hydrogen) atoms. The van der Waals surface area contributed by atoms with Gasteiger partial charge in [0.15, 0.2) is 5.02 Å². The zero-order chi connectivity index (χ0) is 25.8. The molecule has 0 saturated heterocycles. The van der Waals surface area contributed by atoms with Crippen LogP contribution in [-0.4, -0.2) is 43.7 Å². The summed E-state index contributed by atoms with van der Waals surface area (Å²) in [5.74, 6) is -1.88. The van der Waals surface area contributed by atoms with Crippen molar-refractivity contribution in [1.82, 2.24) is 24.8 Å². The Hall–Kier alpha value is -3.44. The molecule has 2 N–H and O–H groups in total. The number of halogens is 3. The number of aliphatic hydroxyl groups excluding tert-OH is 1. The van der Waals surface area contributed by atoms with Gasteiger partial charge in [-0.2, -0.15) is 4.98 Å². The number of hydrogen-bond donors (Lipinski definition) is 2. The van der Waals surface area contributed by atoms with Crippen LogP contribution in [-0.2, 0) is 13.2 Å². The summed E-state index contributed by atoms with van der Waals surface area (Å²) >= 11 is 6.14. The smallest absolute Gasteiger partial charge is 0.276 e. The number of aromatic nitrogens is 4. The third-order valence-electron chi connectivity index (χ3n) is 5.07. The third-order valence-corrected chi connectivity index (χ3v) is 5.39. The van der Waals surface area contributed by atoms with Crippen LogP contribution in [0.2, 0.25) is 5.02 Å². The van der Waals surface area contributed by atoms with Gasteiger partial charge in [-0.15, -0.1) is 0 Å². The monoisotopic (exact) mass is 507 g/mol. The number of aliphatic hydroxyl groups is 1. The van der Waals surface area contributed by atoms with Crippen molar-refractivity contribution in [3.63, 3.8) is 0 Å². The van der Waals surface area contributed by atoms with E-state index in [0.717, 1.165) is 12.1 Å². The molecule has 0 unspecified atom stereocenters. The second-order valence-corrected chi connectivity index (χ2v) is 8.97. The summed E-state index contributed by atoms with van der Waals surface area (Å²) in [4.78, 5) is 37.4. The van der Waals surface area contributed by atoms with Crippen molar-refractivity contribution in [1.29, 1.82) is 0 Å². The molecule has 1 aromatic carbocycles. The van der Waals surface area contributed by atoms with E-state index < -0.39 is 28.5 Å². The van der Waals surface area contributed by atoms with Crippen molar-refractivity contribution in [2.75, 3.05) is 13.2 Å². The predicted molar refractivity (Wildman–Crippen MR) is 123 cm³/mol. The number of ether oxygens (including phenoxy) is 1. The Balaban J connectivity index is 1.71. The first kappa shape index (κ1) is 26.2. The van der Waals surface area contributed by atoms with E-state index in [1.54, 1.807) is 20.8 Å². The molecule has 0 saturated carbocycles. The Kier molecular flexibility index (Phi) is 8.13. The Morgan fingerprint density at radius 1 is 1.26 bits per heavy atom. The lowest BCUT2D eigenvalue weighted by molar-refractivity contribution is 0.0905. The van der Waals surface area contributed by atoms with Crippen LogP contribution in [0.25, 0.3) is 0 Å². The molecule has 0 spiro atoms. The van der Waals surface area contributed by atoms with Gasteiger partial charge in [0.25, 0.3) is 11.5 Å². The Morgan fingerprint density at radius 3 is 2.63 bits per heavy atom. The molecule has 3 aromatic rings. The van der Waals surface area contributed by atoms with Crippen molar-refractivity contribution in [2.45, 2.75) is 33.9 Å². The minimum absolute atomic E-state index is 0.0172. The summed E-state index contributed by atoms with van der Waals surface area (Å²) in [5, 5.41) is 11.7. The maximum atomic E-state index is 13.8. The van der Waals surface area contributed by atoms with Crippen molar-refractivity contribution in [2.24, 2.45) is 5.41 Å². The average Bonchev–Trinajstić information content (AvgIpc) is 2.83. The molecule has 2 aromatic heterocycles. The summed E-state index contributed by atoms with van der Waals surface area (Å²) in [6.07, 6.45) is 2.63. The van der Waals surface area contributed by atoms with Gasteiger partial charge in [-0.05, 0) is 19.1 Å². The van der Waals surface area contributed by atoms with E-state index in [1.807, 2.05) is 0 Å². The second kappa shape index (κ2) is 10.9. The van der Waals surface area contributed by atoms with E-state index >= 15 is 0 Å². The minimum Gasteiger partial charge on any atom is -0.471 e. The Bertz CT molecular complexity index is 1280. The summed E-state index contributed by atoms with van der Waals surface area (Å²) in [7, 11) is 0. The lowest BCUT2D eigenvalue weighted by Crippen LogP contribution is -2.36. The van der Waals surface area contributed by atoms with Gasteiger partial charge >= 0.3 is 0 Å². The molecule has 0 radical (unpaired) electrons. The largest absolute Gasteiger partial charge is 0.471 e. The van der Waals surface area contributed by atoms with Crippen LogP contribution in [0.1, 0.15) is 41.4 Å². The maximum Gasteiger partial charge on any atom is 0.276 e. The first-order valence-corrected chi connectivity index (χ1v) is 10.9. The van der Waals surface area contributed by atoms with Crippen LogP contribution in [0, 0.1) is 24.0 Å². The normalized spacial score (nSPS) is 11.4. The van der Waals surface area contributed by atoms with Gasteiger partial charge in [-0.25, -0.2) is 13.8 Å². The molecule has 1 amide bonds. The van der Waals surface area contributed by atoms with Crippen LogP contribution in [0.3, 0.4) is 0 Å². The second-order valence-electron chi connectivity index (χ2n) is 8.59. The summed E-state index contributed by atoms with van der Waals surface area (Å²) in [6, 6.07) is 3.04. The van der Waals surface area contributed by atoms with E-state index in [2.05, 4.69) is 20.3 Å². The fourth-order valence-electron chi connectivity index (χ4n) is 2.86. The molecule has 2 heterocycles. The number of rotatable bonds is 9. The number of carbonyl (C=O) groups is 1. The van der Waals surface area contributed by atoms with Crippen molar-refractivity contribution >= 4 is 17.5 Å². The highest BCUT2D eigenvalue weighted by Gasteiger charge is 2.19. The lowest BCUT2D eigenvalue weighted by atomic mass is 9.95. The number of hydrogen-bond acceptors (Lipinski definition) is 7. The fourth-order valence-corrected chi connectivity index (χ4v) is 3.06. The first-order chi connectivity index (χ1) is 16.5. The maximum absolute atomic E-state index is 13.8. The zero-order valence-corrected chi connectivity index (χ0v) is 20.1. The van der Waals surface area contributed by atoms with E-state index in [1.165, 1.54) is 23.0 Å². The van der Waals surface area contributed by atoms with Crippen LogP contribution in [0.5, 0.6) is 5.88 Å². The number of benzene rings is 1.